The molecule has 1 aromatic carbocycles. The van der Waals surface area contributed by atoms with Crippen LogP contribution in [0, 0.1) is 0 Å². The lowest BCUT2D eigenvalue weighted by Gasteiger charge is -2.14. The van der Waals surface area contributed by atoms with Gasteiger partial charge in [0, 0.05) is 23.6 Å². The number of hydrogen-bond donors (Lipinski definition) is 2. The molecule has 1 saturated heterocycles. The van der Waals surface area contributed by atoms with Gasteiger partial charge in [-0.2, -0.15) is 0 Å². The molecular weight excluding hydrogens is 296 g/mol. The van der Waals surface area contributed by atoms with E-state index in [0.717, 1.165) is 42.5 Å². The number of aromatic nitrogens is 1. The fraction of sp³-hybridized carbons (Fsp3) is 0.412. The van der Waals surface area contributed by atoms with Crippen LogP contribution in [0.5, 0.6) is 5.75 Å². The topological polar surface area (TPSA) is 82.6 Å². The quantitative estimate of drug-likeness (QED) is 0.485. The number of nitrogens with one attached hydrogen (secondary N) is 1. The Balaban J connectivity index is 1.78. The number of hydrogen-bond acceptors (Lipinski definition) is 4. The van der Waals surface area contributed by atoms with Crippen LogP contribution in [0.15, 0.2) is 24.4 Å². The summed E-state index contributed by atoms with van der Waals surface area (Å²) in [5, 5.41) is 9.55. The van der Waals surface area contributed by atoms with Gasteiger partial charge in [-0.25, -0.2) is 0 Å². The summed E-state index contributed by atoms with van der Waals surface area (Å²) in [7, 11) is 0. The highest BCUT2D eigenvalue weighted by Gasteiger charge is 2.16. The third-order valence-corrected chi connectivity index (χ3v) is 4.16. The molecule has 0 radical (unpaired) electrons. The molecule has 6 heteroatoms. The van der Waals surface area contributed by atoms with Crippen molar-refractivity contribution in [1.82, 2.24) is 9.88 Å². The second kappa shape index (κ2) is 6.83. The number of carbonyl (C=O) groups excluding carboxylic acids is 1. The number of carbonyl (C=O) groups is 2. The van der Waals surface area contributed by atoms with E-state index in [-0.39, 0.29) is 0 Å². The number of aliphatic carboxylic acids is 1. The first-order chi connectivity index (χ1) is 11.1. The number of nitrogens with zero attached hydrogens (tertiary/aromatic N) is 1. The SMILES string of the molecule is O=C(O)CC(=O)Oc1cccc2[nH]cc(CCN3CCCC3)c12. The largest absolute Gasteiger partial charge is 0.481 e. The molecule has 2 N–H and O–H groups in total. The molecule has 1 fully saturated rings. The molecule has 0 bridgehead atoms. The van der Waals surface area contributed by atoms with Gasteiger partial charge in [0.1, 0.15) is 12.2 Å². The number of fused-ring (bicyclic) bond motifs is 1. The average molecular weight is 316 g/mol. The van der Waals surface area contributed by atoms with Crippen molar-refractivity contribution in [1.29, 1.82) is 0 Å². The van der Waals surface area contributed by atoms with Crippen LogP contribution >= 0.6 is 0 Å². The molecule has 1 aliphatic rings. The molecule has 1 aliphatic heterocycles. The van der Waals surface area contributed by atoms with Gasteiger partial charge in [0.25, 0.3) is 0 Å². The normalized spacial score (nSPS) is 15.1. The minimum atomic E-state index is -1.19. The molecule has 0 saturated carbocycles. The Kier molecular flexibility index (Phi) is 4.62. The van der Waals surface area contributed by atoms with E-state index in [0.29, 0.717) is 5.75 Å². The van der Waals surface area contributed by atoms with Crippen LogP contribution in [0.2, 0.25) is 0 Å². The van der Waals surface area contributed by atoms with Crippen molar-refractivity contribution in [3.05, 3.63) is 30.0 Å². The highest BCUT2D eigenvalue weighted by molar-refractivity contribution is 5.95. The van der Waals surface area contributed by atoms with Gasteiger partial charge in [0.15, 0.2) is 0 Å². The maximum Gasteiger partial charge on any atom is 0.322 e. The van der Waals surface area contributed by atoms with Gasteiger partial charge in [-0.05, 0) is 50.0 Å². The van der Waals surface area contributed by atoms with Crippen LogP contribution in [-0.2, 0) is 16.0 Å². The van der Waals surface area contributed by atoms with Crippen molar-refractivity contribution >= 4 is 22.8 Å². The first-order valence-electron chi connectivity index (χ1n) is 7.87. The Morgan fingerprint density at radius 2 is 2.04 bits per heavy atom. The summed E-state index contributed by atoms with van der Waals surface area (Å²) in [6.45, 7) is 3.26. The Labute approximate surface area is 134 Å². The van der Waals surface area contributed by atoms with Gasteiger partial charge < -0.3 is 19.7 Å². The third-order valence-electron chi connectivity index (χ3n) is 4.16. The number of likely N-dealkylation sites (tertiary alicyclic amines) is 1. The molecule has 0 aliphatic carbocycles. The van der Waals surface area contributed by atoms with E-state index >= 15 is 0 Å². The minimum Gasteiger partial charge on any atom is -0.481 e. The molecule has 0 amide bonds. The van der Waals surface area contributed by atoms with Crippen LogP contribution in [0.1, 0.15) is 24.8 Å². The van der Waals surface area contributed by atoms with E-state index in [1.54, 1.807) is 12.1 Å². The van der Waals surface area contributed by atoms with Crippen LogP contribution in [0.4, 0.5) is 0 Å². The summed E-state index contributed by atoms with van der Waals surface area (Å²) < 4.78 is 5.26. The molecule has 2 heterocycles. The van der Waals surface area contributed by atoms with Gasteiger partial charge in [0.05, 0.1) is 0 Å². The average Bonchev–Trinajstić information content (AvgIpc) is 3.14. The fourth-order valence-electron chi connectivity index (χ4n) is 3.07. The van der Waals surface area contributed by atoms with Crippen LogP contribution in [0.3, 0.4) is 0 Å². The zero-order valence-electron chi connectivity index (χ0n) is 12.9. The second-order valence-electron chi connectivity index (χ2n) is 5.84. The lowest BCUT2D eigenvalue weighted by atomic mass is 10.1. The molecule has 0 unspecified atom stereocenters. The van der Waals surface area contributed by atoms with Gasteiger partial charge in [-0.1, -0.05) is 6.07 Å². The molecule has 6 nitrogen and oxygen atoms in total. The highest BCUT2D eigenvalue weighted by Crippen LogP contribution is 2.29. The molecule has 0 spiro atoms. The monoisotopic (exact) mass is 316 g/mol. The fourth-order valence-corrected chi connectivity index (χ4v) is 3.07. The first-order valence-corrected chi connectivity index (χ1v) is 7.87. The summed E-state index contributed by atoms with van der Waals surface area (Å²) in [6.07, 6.45) is 4.69. The van der Waals surface area contributed by atoms with Crippen molar-refractivity contribution in [3.63, 3.8) is 0 Å². The maximum atomic E-state index is 11.6. The standard InChI is InChI=1S/C17H20N2O4/c20-15(21)10-16(22)23-14-5-3-4-13-17(14)12(11-18-13)6-9-19-7-1-2-8-19/h3-5,11,18H,1-2,6-10H2,(H,20,21). The first kappa shape index (κ1) is 15.6. The third kappa shape index (κ3) is 3.71. The van der Waals surface area contributed by atoms with E-state index in [4.69, 9.17) is 9.84 Å². The Hall–Kier alpha value is -2.34. The predicted octanol–water partition coefficient (Wildman–Crippen LogP) is 2.19. The Morgan fingerprint density at radius 3 is 2.78 bits per heavy atom. The van der Waals surface area contributed by atoms with E-state index < -0.39 is 18.4 Å². The zero-order valence-corrected chi connectivity index (χ0v) is 12.9. The number of benzene rings is 1. The molecular formula is C17H20N2O4. The number of esters is 1. The van der Waals surface area contributed by atoms with Gasteiger partial charge in [-0.3, -0.25) is 9.59 Å². The summed E-state index contributed by atoms with van der Waals surface area (Å²) in [4.78, 5) is 27.9. The number of H-pyrrole nitrogens is 1. The summed E-state index contributed by atoms with van der Waals surface area (Å²) in [6, 6.07) is 5.41. The summed E-state index contributed by atoms with van der Waals surface area (Å²) in [5.41, 5.74) is 1.98. The van der Waals surface area contributed by atoms with E-state index in [9.17, 15) is 9.59 Å². The molecule has 0 atom stereocenters. The molecule has 3 rings (SSSR count). The number of carboxylic acid groups (broad SMARTS) is 1. The highest BCUT2D eigenvalue weighted by atomic mass is 16.5. The van der Waals surface area contributed by atoms with E-state index in [1.165, 1.54) is 12.8 Å². The molecule has 122 valence electrons. The van der Waals surface area contributed by atoms with Crippen molar-refractivity contribution in [2.45, 2.75) is 25.7 Å². The van der Waals surface area contributed by atoms with Gasteiger partial charge >= 0.3 is 11.9 Å². The second-order valence-corrected chi connectivity index (χ2v) is 5.84. The number of carboxylic acids is 1. The number of aromatic amines is 1. The van der Waals surface area contributed by atoms with E-state index in [1.807, 2.05) is 12.3 Å². The molecule has 23 heavy (non-hydrogen) atoms. The summed E-state index contributed by atoms with van der Waals surface area (Å²) in [5.74, 6) is -1.52. The van der Waals surface area contributed by atoms with Crippen LogP contribution in [-0.4, -0.2) is 46.6 Å². The van der Waals surface area contributed by atoms with E-state index in [2.05, 4.69) is 9.88 Å². The molecule has 1 aromatic heterocycles. The van der Waals surface area contributed by atoms with Crippen LogP contribution < -0.4 is 4.74 Å². The zero-order chi connectivity index (χ0) is 16.2. The smallest absolute Gasteiger partial charge is 0.322 e. The molecule has 2 aromatic rings. The van der Waals surface area contributed by atoms with Crippen molar-refractivity contribution in [3.8, 4) is 5.75 Å². The lowest BCUT2D eigenvalue weighted by molar-refractivity contribution is -0.145. The van der Waals surface area contributed by atoms with Crippen LogP contribution in [0.25, 0.3) is 10.9 Å². The number of rotatable bonds is 6. The predicted molar refractivity (Wildman–Crippen MR) is 85.6 cm³/mol. The lowest BCUT2D eigenvalue weighted by Crippen LogP contribution is -2.21. The van der Waals surface area contributed by atoms with Gasteiger partial charge in [0.2, 0.25) is 0 Å². The summed E-state index contributed by atoms with van der Waals surface area (Å²) >= 11 is 0. The minimum absolute atomic E-state index is 0.423. The number of ether oxygens (including phenoxy) is 1. The van der Waals surface area contributed by atoms with Crippen molar-refractivity contribution in [2.24, 2.45) is 0 Å². The Morgan fingerprint density at radius 1 is 1.26 bits per heavy atom. The Bertz CT molecular complexity index is 716. The maximum absolute atomic E-state index is 11.6. The van der Waals surface area contributed by atoms with Crippen molar-refractivity contribution < 1.29 is 19.4 Å². The van der Waals surface area contributed by atoms with Crippen molar-refractivity contribution in [2.75, 3.05) is 19.6 Å². The van der Waals surface area contributed by atoms with Gasteiger partial charge in [-0.15, -0.1) is 0 Å².